The van der Waals surface area contributed by atoms with Gasteiger partial charge in [0.2, 0.25) is 0 Å². The van der Waals surface area contributed by atoms with Crippen molar-refractivity contribution in [3.8, 4) is 6.07 Å². The van der Waals surface area contributed by atoms with Crippen LogP contribution in [0.25, 0.3) is 0 Å². The Balaban J connectivity index is 2.58. The van der Waals surface area contributed by atoms with E-state index in [4.69, 9.17) is 5.26 Å². The molecule has 0 aliphatic carbocycles. The molecule has 2 rings (SSSR count). The fraction of sp³-hybridized carbons (Fsp3) is 0.364. The van der Waals surface area contributed by atoms with Gasteiger partial charge in [-0.1, -0.05) is 6.07 Å². The summed E-state index contributed by atoms with van der Waals surface area (Å²) in [6, 6.07) is 6.41. The Labute approximate surface area is 78.2 Å². The standard InChI is InChI=1S/C11H12N2/c1-8-4-9-2-3-13-7-11(9)10(5-8)6-12/h4-5,13H,2-3,7H2,1H3. The molecule has 0 amide bonds. The molecule has 1 heterocycles. The van der Waals surface area contributed by atoms with Crippen molar-refractivity contribution < 1.29 is 0 Å². The van der Waals surface area contributed by atoms with Crippen LogP contribution in [0.15, 0.2) is 12.1 Å². The van der Waals surface area contributed by atoms with Crippen LogP contribution in [-0.4, -0.2) is 6.54 Å². The predicted molar refractivity (Wildman–Crippen MR) is 51.3 cm³/mol. The maximum Gasteiger partial charge on any atom is 0.0995 e. The summed E-state index contributed by atoms with van der Waals surface area (Å²) in [4.78, 5) is 0. The molecule has 1 aromatic rings. The van der Waals surface area contributed by atoms with Crippen molar-refractivity contribution in [2.24, 2.45) is 0 Å². The minimum Gasteiger partial charge on any atom is -0.312 e. The average molecular weight is 172 g/mol. The zero-order chi connectivity index (χ0) is 9.26. The first kappa shape index (κ1) is 8.28. The zero-order valence-corrected chi connectivity index (χ0v) is 7.72. The molecule has 1 aliphatic heterocycles. The van der Waals surface area contributed by atoms with Gasteiger partial charge in [-0.15, -0.1) is 0 Å². The highest BCUT2D eigenvalue weighted by Crippen LogP contribution is 2.19. The fourth-order valence-corrected chi connectivity index (χ4v) is 1.86. The molecule has 1 N–H and O–H groups in total. The van der Waals surface area contributed by atoms with Gasteiger partial charge in [-0.25, -0.2) is 0 Å². The van der Waals surface area contributed by atoms with Crippen molar-refractivity contribution in [2.45, 2.75) is 19.9 Å². The second-order valence-electron chi connectivity index (χ2n) is 3.49. The van der Waals surface area contributed by atoms with Crippen molar-refractivity contribution in [1.82, 2.24) is 5.32 Å². The Morgan fingerprint density at radius 2 is 2.31 bits per heavy atom. The molecule has 66 valence electrons. The maximum atomic E-state index is 8.94. The van der Waals surface area contributed by atoms with Crippen molar-refractivity contribution in [1.29, 1.82) is 5.26 Å². The molecular formula is C11H12N2. The number of fused-ring (bicyclic) bond motifs is 1. The molecule has 0 saturated carbocycles. The van der Waals surface area contributed by atoms with Crippen molar-refractivity contribution in [2.75, 3.05) is 6.54 Å². The minimum absolute atomic E-state index is 0.835. The van der Waals surface area contributed by atoms with Crippen LogP contribution in [0, 0.1) is 18.3 Å². The molecular weight excluding hydrogens is 160 g/mol. The predicted octanol–water partition coefficient (Wildman–Crippen LogP) is 1.51. The number of benzene rings is 1. The van der Waals surface area contributed by atoms with Gasteiger partial charge < -0.3 is 5.32 Å². The third kappa shape index (κ3) is 1.43. The third-order valence-corrected chi connectivity index (χ3v) is 2.48. The lowest BCUT2D eigenvalue weighted by Crippen LogP contribution is -2.24. The van der Waals surface area contributed by atoms with Crippen LogP contribution < -0.4 is 5.32 Å². The summed E-state index contributed by atoms with van der Waals surface area (Å²) >= 11 is 0. The molecule has 13 heavy (non-hydrogen) atoms. The summed E-state index contributed by atoms with van der Waals surface area (Å²) in [5.41, 5.74) is 4.56. The first-order valence-electron chi connectivity index (χ1n) is 4.54. The summed E-state index contributed by atoms with van der Waals surface area (Å²) in [6.07, 6.45) is 1.05. The Morgan fingerprint density at radius 3 is 3.08 bits per heavy atom. The summed E-state index contributed by atoms with van der Waals surface area (Å²) in [7, 11) is 0. The highest BCUT2D eigenvalue weighted by atomic mass is 14.9. The molecule has 0 spiro atoms. The normalized spacial score (nSPS) is 14.8. The van der Waals surface area contributed by atoms with E-state index in [1.54, 1.807) is 0 Å². The van der Waals surface area contributed by atoms with E-state index >= 15 is 0 Å². The molecule has 0 bridgehead atoms. The molecule has 2 heteroatoms. The van der Waals surface area contributed by atoms with Crippen molar-refractivity contribution in [3.63, 3.8) is 0 Å². The quantitative estimate of drug-likeness (QED) is 0.644. The Morgan fingerprint density at radius 1 is 1.46 bits per heavy atom. The molecule has 0 saturated heterocycles. The van der Waals surface area contributed by atoms with Crippen LogP contribution in [0.2, 0.25) is 0 Å². The van der Waals surface area contributed by atoms with E-state index in [9.17, 15) is 0 Å². The average Bonchev–Trinajstić information content (AvgIpc) is 2.16. The van der Waals surface area contributed by atoms with Gasteiger partial charge in [-0.2, -0.15) is 5.26 Å². The fourth-order valence-electron chi connectivity index (χ4n) is 1.86. The monoisotopic (exact) mass is 172 g/mol. The SMILES string of the molecule is Cc1cc(C#N)c2c(c1)CCNC2. The van der Waals surface area contributed by atoms with E-state index in [0.717, 1.165) is 25.1 Å². The number of hydrogen-bond donors (Lipinski definition) is 1. The van der Waals surface area contributed by atoms with Crippen LogP contribution in [0.4, 0.5) is 0 Å². The van der Waals surface area contributed by atoms with E-state index in [1.165, 1.54) is 16.7 Å². The lowest BCUT2D eigenvalue weighted by molar-refractivity contribution is 0.642. The molecule has 1 aliphatic rings. The van der Waals surface area contributed by atoms with Gasteiger partial charge in [0.1, 0.15) is 0 Å². The molecule has 0 unspecified atom stereocenters. The maximum absolute atomic E-state index is 8.94. The highest BCUT2D eigenvalue weighted by molar-refractivity contribution is 5.46. The second-order valence-corrected chi connectivity index (χ2v) is 3.49. The lowest BCUT2D eigenvalue weighted by Gasteiger charge is -2.18. The van der Waals surface area contributed by atoms with Crippen LogP contribution >= 0.6 is 0 Å². The second kappa shape index (κ2) is 3.20. The van der Waals surface area contributed by atoms with E-state index < -0.39 is 0 Å². The van der Waals surface area contributed by atoms with Crippen LogP contribution in [0.5, 0.6) is 0 Å². The Hall–Kier alpha value is -1.33. The van der Waals surface area contributed by atoms with Gasteiger partial charge in [-0.05, 0) is 42.6 Å². The number of hydrogen-bond acceptors (Lipinski definition) is 2. The largest absolute Gasteiger partial charge is 0.312 e. The molecule has 0 aromatic heterocycles. The molecule has 0 fully saturated rings. The van der Waals surface area contributed by atoms with Crippen molar-refractivity contribution in [3.05, 3.63) is 34.4 Å². The molecule has 0 atom stereocenters. The van der Waals surface area contributed by atoms with Gasteiger partial charge >= 0.3 is 0 Å². The third-order valence-electron chi connectivity index (χ3n) is 2.48. The van der Waals surface area contributed by atoms with Crippen LogP contribution in [0.1, 0.15) is 22.3 Å². The first-order valence-corrected chi connectivity index (χ1v) is 4.54. The minimum atomic E-state index is 0.835. The molecule has 0 radical (unpaired) electrons. The van der Waals surface area contributed by atoms with E-state index in [0.29, 0.717) is 0 Å². The van der Waals surface area contributed by atoms with E-state index in [1.807, 2.05) is 13.0 Å². The van der Waals surface area contributed by atoms with Crippen LogP contribution in [0.3, 0.4) is 0 Å². The number of rotatable bonds is 0. The zero-order valence-electron chi connectivity index (χ0n) is 7.72. The van der Waals surface area contributed by atoms with E-state index in [2.05, 4.69) is 17.5 Å². The molecule has 2 nitrogen and oxygen atoms in total. The van der Waals surface area contributed by atoms with Gasteiger partial charge in [0.05, 0.1) is 11.6 Å². The van der Waals surface area contributed by atoms with Gasteiger partial charge in [0.15, 0.2) is 0 Å². The smallest absolute Gasteiger partial charge is 0.0995 e. The van der Waals surface area contributed by atoms with Crippen LogP contribution in [-0.2, 0) is 13.0 Å². The first-order chi connectivity index (χ1) is 6.31. The Bertz CT molecular complexity index is 374. The van der Waals surface area contributed by atoms with Gasteiger partial charge in [0.25, 0.3) is 0 Å². The Kier molecular flexibility index (Phi) is 2.03. The summed E-state index contributed by atoms with van der Waals surface area (Å²) < 4.78 is 0. The van der Waals surface area contributed by atoms with E-state index in [-0.39, 0.29) is 0 Å². The summed E-state index contributed by atoms with van der Waals surface area (Å²) in [6.45, 7) is 3.92. The number of aryl methyl sites for hydroxylation is 1. The highest BCUT2D eigenvalue weighted by Gasteiger charge is 2.12. The summed E-state index contributed by atoms with van der Waals surface area (Å²) in [5, 5.41) is 12.2. The van der Waals surface area contributed by atoms with Gasteiger partial charge in [0, 0.05) is 6.54 Å². The lowest BCUT2D eigenvalue weighted by atomic mass is 9.94. The van der Waals surface area contributed by atoms with Gasteiger partial charge in [-0.3, -0.25) is 0 Å². The summed E-state index contributed by atoms with van der Waals surface area (Å²) in [5.74, 6) is 0. The topological polar surface area (TPSA) is 35.8 Å². The number of nitrogens with one attached hydrogen (secondary N) is 1. The molecule has 1 aromatic carbocycles. The number of nitriles is 1. The number of nitrogens with zero attached hydrogens (tertiary/aromatic N) is 1. The van der Waals surface area contributed by atoms with Crippen molar-refractivity contribution >= 4 is 0 Å².